The van der Waals surface area contributed by atoms with E-state index in [2.05, 4.69) is 9.47 Å². The average molecular weight is 204 g/mol. The maximum atomic E-state index is 11.1. The number of hydrogen-bond acceptors (Lipinski definition) is 5. The van der Waals surface area contributed by atoms with Gasteiger partial charge in [-0.05, 0) is 20.3 Å². The van der Waals surface area contributed by atoms with E-state index in [4.69, 9.17) is 4.74 Å². The van der Waals surface area contributed by atoms with Crippen LogP contribution in [0.1, 0.15) is 27.2 Å². The molecule has 0 aromatic carbocycles. The Balaban J connectivity index is 4.08. The average Bonchev–Trinajstić information content (AvgIpc) is 2.12. The first-order valence-corrected chi connectivity index (χ1v) is 4.38. The molecule has 0 saturated carbocycles. The summed E-state index contributed by atoms with van der Waals surface area (Å²) < 4.78 is 13.9. The van der Waals surface area contributed by atoms with Crippen LogP contribution >= 0.6 is 0 Å². The molecule has 0 atom stereocenters. The fourth-order valence-electron chi connectivity index (χ4n) is 0.711. The summed E-state index contributed by atoms with van der Waals surface area (Å²) in [6.07, 6.45) is -0.157. The molecule has 0 aromatic rings. The lowest BCUT2D eigenvalue weighted by molar-refractivity contribution is -0.161. The second-order valence-electron chi connectivity index (χ2n) is 3.20. The molecular weight excluding hydrogens is 188 g/mol. The summed E-state index contributed by atoms with van der Waals surface area (Å²) in [5.74, 6) is -0.619. The molecule has 0 heterocycles. The first kappa shape index (κ1) is 12.7. The number of ether oxygens (including phenoxy) is 3. The number of carbonyl (C=O) groups excluding carboxylic acids is 2. The highest BCUT2D eigenvalue weighted by atomic mass is 16.7. The SMILES string of the molecule is CCCOC(=O)OC(C)(C)C(=O)OC. The van der Waals surface area contributed by atoms with E-state index in [1.54, 1.807) is 0 Å². The van der Waals surface area contributed by atoms with Crippen molar-refractivity contribution in [3.8, 4) is 0 Å². The number of esters is 1. The lowest BCUT2D eigenvalue weighted by Crippen LogP contribution is -2.38. The van der Waals surface area contributed by atoms with E-state index in [0.29, 0.717) is 6.42 Å². The van der Waals surface area contributed by atoms with Crippen LogP contribution in [0.3, 0.4) is 0 Å². The maximum absolute atomic E-state index is 11.1. The molecule has 0 unspecified atom stereocenters. The monoisotopic (exact) mass is 204 g/mol. The Hall–Kier alpha value is -1.26. The van der Waals surface area contributed by atoms with Gasteiger partial charge in [-0.2, -0.15) is 0 Å². The molecule has 5 heteroatoms. The molecule has 0 aliphatic carbocycles. The summed E-state index contributed by atoms with van der Waals surface area (Å²) in [4.78, 5) is 22.1. The van der Waals surface area contributed by atoms with E-state index in [9.17, 15) is 9.59 Å². The second kappa shape index (κ2) is 5.47. The van der Waals surface area contributed by atoms with Gasteiger partial charge < -0.3 is 14.2 Å². The topological polar surface area (TPSA) is 61.8 Å². The second-order valence-corrected chi connectivity index (χ2v) is 3.20. The van der Waals surface area contributed by atoms with Gasteiger partial charge in [0.2, 0.25) is 5.60 Å². The quantitative estimate of drug-likeness (QED) is 0.649. The van der Waals surface area contributed by atoms with Crippen molar-refractivity contribution in [2.75, 3.05) is 13.7 Å². The Morgan fingerprint density at radius 2 is 1.86 bits per heavy atom. The van der Waals surface area contributed by atoms with Gasteiger partial charge in [-0.3, -0.25) is 0 Å². The summed E-state index contributed by atoms with van der Waals surface area (Å²) in [6.45, 7) is 5.01. The number of rotatable bonds is 4. The van der Waals surface area contributed by atoms with Crippen molar-refractivity contribution in [1.29, 1.82) is 0 Å². The third-order valence-corrected chi connectivity index (χ3v) is 1.44. The molecule has 0 saturated heterocycles. The largest absolute Gasteiger partial charge is 0.509 e. The van der Waals surface area contributed by atoms with Gasteiger partial charge >= 0.3 is 12.1 Å². The van der Waals surface area contributed by atoms with Crippen LogP contribution in [0.25, 0.3) is 0 Å². The molecule has 82 valence electrons. The van der Waals surface area contributed by atoms with E-state index >= 15 is 0 Å². The van der Waals surface area contributed by atoms with Crippen LogP contribution < -0.4 is 0 Å². The van der Waals surface area contributed by atoms with Gasteiger partial charge in [-0.15, -0.1) is 0 Å². The van der Waals surface area contributed by atoms with Crippen molar-refractivity contribution in [3.63, 3.8) is 0 Å². The molecule has 14 heavy (non-hydrogen) atoms. The van der Waals surface area contributed by atoms with Crippen LogP contribution in [0.4, 0.5) is 4.79 Å². The molecule has 0 aliphatic heterocycles. The molecule has 0 aromatic heterocycles. The van der Waals surface area contributed by atoms with E-state index in [0.717, 1.165) is 0 Å². The molecule has 0 spiro atoms. The Kier molecular flexibility index (Phi) is 4.97. The Morgan fingerprint density at radius 1 is 1.29 bits per heavy atom. The third kappa shape index (κ3) is 4.11. The molecular formula is C9H16O5. The molecule has 0 rings (SSSR count). The first-order chi connectivity index (χ1) is 6.44. The van der Waals surface area contributed by atoms with Gasteiger partial charge in [-0.1, -0.05) is 6.92 Å². The molecule has 5 nitrogen and oxygen atoms in total. The van der Waals surface area contributed by atoms with Crippen molar-refractivity contribution in [2.24, 2.45) is 0 Å². The Morgan fingerprint density at radius 3 is 2.29 bits per heavy atom. The lowest BCUT2D eigenvalue weighted by Gasteiger charge is -2.21. The summed E-state index contributed by atoms with van der Waals surface area (Å²) >= 11 is 0. The minimum absolute atomic E-state index is 0.274. The molecule has 0 aliphatic rings. The van der Waals surface area contributed by atoms with Gasteiger partial charge in [0.25, 0.3) is 0 Å². The van der Waals surface area contributed by atoms with E-state index in [1.165, 1.54) is 21.0 Å². The van der Waals surface area contributed by atoms with Gasteiger partial charge in [0.05, 0.1) is 13.7 Å². The van der Waals surface area contributed by atoms with Gasteiger partial charge in [0, 0.05) is 0 Å². The van der Waals surface area contributed by atoms with Crippen LogP contribution in [0.2, 0.25) is 0 Å². The highest BCUT2D eigenvalue weighted by Gasteiger charge is 2.33. The van der Waals surface area contributed by atoms with Crippen molar-refractivity contribution < 1.29 is 23.8 Å². The zero-order chi connectivity index (χ0) is 11.2. The standard InChI is InChI=1S/C9H16O5/c1-5-6-13-8(11)14-9(2,3)7(10)12-4/h5-6H2,1-4H3. The van der Waals surface area contributed by atoms with E-state index < -0.39 is 17.7 Å². The fourth-order valence-corrected chi connectivity index (χ4v) is 0.711. The predicted octanol–water partition coefficient (Wildman–Crippen LogP) is 1.50. The van der Waals surface area contributed by atoms with Crippen LogP contribution in [0, 0.1) is 0 Å². The highest BCUT2D eigenvalue weighted by molar-refractivity contribution is 5.80. The number of carbonyl (C=O) groups is 2. The van der Waals surface area contributed by atoms with E-state index in [1.807, 2.05) is 6.92 Å². The first-order valence-electron chi connectivity index (χ1n) is 4.38. The third-order valence-electron chi connectivity index (χ3n) is 1.44. The highest BCUT2D eigenvalue weighted by Crippen LogP contribution is 2.12. The predicted molar refractivity (Wildman–Crippen MR) is 48.8 cm³/mol. The van der Waals surface area contributed by atoms with Crippen molar-refractivity contribution in [2.45, 2.75) is 32.8 Å². The molecule has 0 amide bonds. The Bertz CT molecular complexity index is 209. The van der Waals surface area contributed by atoms with Crippen molar-refractivity contribution in [1.82, 2.24) is 0 Å². The number of hydrogen-bond donors (Lipinski definition) is 0. The van der Waals surface area contributed by atoms with Crippen molar-refractivity contribution >= 4 is 12.1 Å². The maximum Gasteiger partial charge on any atom is 0.509 e. The van der Waals surface area contributed by atoms with Crippen LogP contribution in [0.5, 0.6) is 0 Å². The van der Waals surface area contributed by atoms with Crippen LogP contribution in [-0.4, -0.2) is 31.4 Å². The zero-order valence-corrected chi connectivity index (χ0v) is 8.96. The minimum Gasteiger partial charge on any atom is -0.466 e. The summed E-state index contributed by atoms with van der Waals surface area (Å²) in [7, 11) is 1.23. The molecule has 0 fully saturated rings. The smallest absolute Gasteiger partial charge is 0.466 e. The molecule has 0 bridgehead atoms. The van der Waals surface area contributed by atoms with Crippen molar-refractivity contribution in [3.05, 3.63) is 0 Å². The summed E-state index contributed by atoms with van der Waals surface area (Å²) in [5, 5.41) is 0. The molecule has 0 radical (unpaired) electrons. The normalized spacial score (nSPS) is 10.6. The van der Waals surface area contributed by atoms with Crippen LogP contribution in [-0.2, 0) is 19.0 Å². The van der Waals surface area contributed by atoms with Gasteiger partial charge in [-0.25, -0.2) is 9.59 Å². The van der Waals surface area contributed by atoms with Crippen LogP contribution in [0.15, 0.2) is 0 Å². The lowest BCUT2D eigenvalue weighted by atomic mass is 10.1. The zero-order valence-electron chi connectivity index (χ0n) is 8.96. The number of methoxy groups -OCH3 is 1. The Labute approximate surface area is 83.3 Å². The summed E-state index contributed by atoms with van der Waals surface area (Å²) in [5.41, 5.74) is -1.31. The molecule has 0 N–H and O–H groups in total. The van der Waals surface area contributed by atoms with Gasteiger partial charge in [0.15, 0.2) is 0 Å². The fraction of sp³-hybridized carbons (Fsp3) is 0.778. The van der Waals surface area contributed by atoms with Gasteiger partial charge in [0.1, 0.15) is 0 Å². The van der Waals surface area contributed by atoms with E-state index in [-0.39, 0.29) is 6.61 Å². The summed E-state index contributed by atoms with van der Waals surface area (Å²) in [6, 6.07) is 0. The minimum atomic E-state index is -1.31.